The molecule has 0 amide bonds. The van der Waals surface area contributed by atoms with Crippen molar-refractivity contribution < 1.29 is 34.2 Å². The Morgan fingerprint density at radius 3 is 1.94 bits per heavy atom. The highest BCUT2D eigenvalue weighted by Crippen LogP contribution is 2.32. The lowest BCUT2D eigenvalue weighted by Gasteiger charge is -2.27. The van der Waals surface area contributed by atoms with Gasteiger partial charge in [0.15, 0.2) is 10.0 Å². The van der Waals surface area contributed by atoms with Gasteiger partial charge in [-0.05, 0) is 12.8 Å². The van der Waals surface area contributed by atoms with E-state index >= 15 is 0 Å². The predicted molar refractivity (Wildman–Crippen MR) is 55.2 cm³/mol. The quantitative estimate of drug-likeness (QED) is 0.789. The summed E-state index contributed by atoms with van der Waals surface area (Å²) < 4.78 is 85.3. The summed E-state index contributed by atoms with van der Waals surface area (Å²) in [4.78, 5) is 0. The number of nitrogens with zero attached hydrogens (tertiary/aromatic N) is 1. The van der Waals surface area contributed by atoms with Crippen molar-refractivity contribution in [2.45, 2.75) is 43.7 Å². The molecule has 1 aliphatic rings. The van der Waals surface area contributed by atoms with Crippen molar-refractivity contribution >= 4 is 20.3 Å². The van der Waals surface area contributed by atoms with Gasteiger partial charge in [-0.25, -0.2) is 16.8 Å². The zero-order valence-electron chi connectivity index (χ0n) is 9.05. The maximum atomic E-state index is 11.9. The molecule has 0 aromatic carbocycles. The summed E-state index contributed by atoms with van der Waals surface area (Å²) >= 11 is 0. The van der Waals surface area contributed by atoms with Gasteiger partial charge in [-0.15, -0.1) is 0 Å². The van der Waals surface area contributed by atoms with E-state index in [1.165, 1.54) is 0 Å². The third-order valence-electron chi connectivity index (χ3n) is 2.29. The Kier molecular flexibility index (Phi) is 4.62. The summed E-state index contributed by atoms with van der Waals surface area (Å²) in [5, 5.41) is 0. The molecule has 18 heavy (non-hydrogen) atoms. The molecule has 11 heteroatoms. The highest BCUT2D eigenvalue weighted by atomic mass is 32.3. The number of hydrogen-bond donors (Lipinski definition) is 0. The van der Waals surface area contributed by atoms with Crippen LogP contribution in [0.1, 0.15) is 32.1 Å². The minimum Gasteiger partial charge on any atom is -0.404 e. The number of hydrogen-bond acceptors (Lipinski definition) is 5. The van der Waals surface area contributed by atoms with Crippen LogP contribution in [0.25, 0.3) is 4.13 Å². The van der Waals surface area contributed by atoms with E-state index in [1.807, 2.05) is 0 Å². The van der Waals surface area contributed by atoms with E-state index in [2.05, 4.69) is 4.18 Å². The fraction of sp³-hybridized carbons (Fsp3) is 1.00. The summed E-state index contributed by atoms with van der Waals surface area (Å²) in [7, 11) is -11.2. The molecule has 108 valence electrons. The van der Waals surface area contributed by atoms with Crippen molar-refractivity contribution in [3.8, 4) is 0 Å². The Hall–Kier alpha value is -0.390. The normalized spacial score (nSPS) is 19.9. The van der Waals surface area contributed by atoms with Crippen LogP contribution in [-0.2, 0) is 24.5 Å². The molecule has 0 aliphatic heterocycles. The zero-order chi connectivity index (χ0) is 14.0. The first-order chi connectivity index (χ1) is 8.04. The van der Waals surface area contributed by atoms with Gasteiger partial charge in [0.1, 0.15) is 0 Å². The van der Waals surface area contributed by atoms with Gasteiger partial charge in [0.05, 0.1) is 6.10 Å². The van der Waals surface area contributed by atoms with Gasteiger partial charge in [-0.2, -0.15) is 13.2 Å². The molecule has 0 spiro atoms. The summed E-state index contributed by atoms with van der Waals surface area (Å²) in [5.74, 6) is 0. The Bertz CT molecular complexity index is 478. The average Bonchev–Trinajstić information content (AvgIpc) is 2.14. The van der Waals surface area contributed by atoms with Gasteiger partial charge >= 0.3 is 5.51 Å². The van der Waals surface area contributed by atoms with E-state index in [0.717, 1.165) is 6.42 Å². The Labute approximate surface area is 103 Å². The fourth-order valence-corrected chi connectivity index (χ4v) is 3.49. The second-order valence-electron chi connectivity index (χ2n) is 3.78. The average molecular weight is 310 g/mol. The lowest BCUT2D eigenvalue weighted by Crippen LogP contribution is -2.27. The molecule has 0 radical (unpaired) electrons. The van der Waals surface area contributed by atoms with Crippen LogP contribution in [0.15, 0.2) is 0 Å². The van der Waals surface area contributed by atoms with Crippen LogP contribution in [0.4, 0.5) is 13.2 Å². The standard InChI is InChI=1S/C7H11F3NO5S2/c8-7(9,10)17(12,13)11-18(14,15)16-6-4-2-1-3-5-6/h6H,1-5H2/q-1. The molecule has 0 heterocycles. The summed E-state index contributed by atoms with van der Waals surface area (Å²) in [5.41, 5.74) is -5.75. The van der Waals surface area contributed by atoms with Crippen LogP contribution >= 0.6 is 0 Å². The van der Waals surface area contributed by atoms with Gasteiger partial charge in [0, 0.05) is 0 Å². The summed E-state index contributed by atoms with van der Waals surface area (Å²) in [6.45, 7) is 0. The largest absolute Gasteiger partial charge is 0.480 e. The molecule has 0 atom stereocenters. The maximum absolute atomic E-state index is 11.9. The molecule has 0 bridgehead atoms. The number of sulfonamides is 1. The van der Waals surface area contributed by atoms with E-state index in [-0.39, 0.29) is 0 Å². The van der Waals surface area contributed by atoms with Crippen molar-refractivity contribution in [3.63, 3.8) is 0 Å². The zero-order valence-corrected chi connectivity index (χ0v) is 10.7. The topological polar surface area (TPSA) is 91.6 Å². The van der Waals surface area contributed by atoms with Gasteiger partial charge in [-0.1, -0.05) is 19.3 Å². The fourth-order valence-electron chi connectivity index (χ4n) is 1.51. The van der Waals surface area contributed by atoms with Crippen molar-refractivity contribution in [3.05, 3.63) is 4.13 Å². The van der Waals surface area contributed by atoms with Crippen molar-refractivity contribution in [2.24, 2.45) is 0 Å². The molecule has 1 aliphatic carbocycles. The molecular formula is C7H11F3NO5S2-. The number of halogens is 3. The molecule has 0 aromatic rings. The number of rotatable bonds is 4. The van der Waals surface area contributed by atoms with E-state index in [1.54, 1.807) is 4.13 Å². The molecule has 1 rings (SSSR count). The van der Waals surface area contributed by atoms with Crippen LogP contribution in [0, 0.1) is 0 Å². The number of alkyl halides is 3. The Balaban J connectivity index is 2.71. The lowest BCUT2D eigenvalue weighted by molar-refractivity contribution is -0.0425. The van der Waals surface area contributed by atoms with Crippen molar-refractivity contribution in [1.29, 1.82) is 0 Å². The predicted octanol–water partition coefficient (Wildman–Crippen LogP) is 1.80. The molecular weight excluding hydrogens is 299 g/mol. The van der Waals surface area contributed by atoms with Gasteiger partial charge in [0.25, 0.3) is 0 Å². The van der Waals surface area contributed by atoms with Crippen molar-refractivity contribution in [2.75, 3.05) is 0 Å². The Morgan fingerprint density at radius 1 is 1.00 bits per heavy atom. The van der Waals surface area contributed by atoms with Crippen LogP contribution in [0.3, 0.4) is 0 Å². The second-order valence-corrected chi connectivity index (χ2v) is 6.84. The molecule has 0 N–H and O–H groups in total. The lowest BCUT2D eigenvalue weighted by atomic mass is 9.98. The van der Waals surface area contributed by atoms with Crippen LogP contribution in [0.5, 0.6) is 0 Å². The summed E-state index contributed by atoms with van der Waals surface area (Å²) in [6.07, 6.45) is 2.11. The van der Waals surface area contributed by atoms with E-state index in [4.69, 9.17) is 0 Å². The third kappa shape index (κ3) is 4.37. The highest BCUT2D eigenvalue weighted by molar-refractivity contribution is 8.10. The van der Waals surface area contributed by atoms with Crippen LogP contribution < -0.4 is 0 Å². The third-order valence-corrected chi connectivity index (χ3v) is 4.91. The molecule has 6 nitrogen and oxygen atoms in total. The molecule has 1 fully saturated rings. The van der Waals surface area contributed by atoms with Crippen molar-refractivity contribution in [1.82, 2.24) is 0 Å². The minimum atomic E-state index is -6.09. The summed E-state index contributed by atoms with van der Waals surface area (Å²) in [6, 6.07) is 0. The first-order valence-corrected chi connectivity index (χ1v) is 7.83. The SMILES string of the molecule is O=S(=O)([N-]S(=O)(=O)C(F)(F)F)OC1CCCCC1. The van der Waals surface area contributed by atoms with Gasteiger partial charge in [-0.3, -0.25) is 4.18 Å². The second kappa shape index (κ2) is 5.31. The van der Waals surface area contributed by atoms with Gasteiger partial charge < -0.3 is 4.13 Å². The minimum absolute atomic E-state index is 0.348. The molecule has 0 aromatic heterocycles. The van der Waals surface area contributed by atoms with Crippen LogP contribution in [0.2, 0.25) is 0 Å². The monoisotopic (exact) mass is 310 g/mol. The Morgan fingerprint density at radius 2 is 1.50 bits per heavy atom. The highest BCUT2D eigenvalue weighted by Gasteiger charge is 2.41. The van der Waals surface area contributed by atoms with E-state index in [9.17, 15) is 30.0 Å². The smallest absolute Gasteiger partial charge is 0.404 e. The van der Waals surface area contributed by atoms with E-state index in [0.29, 0.717) is 25.7 Å². The maximum Gasteiger partial charge on any atom is 0.480 e. The molecule has 0 unspecified atom stereocenters. The first kappa shape index (κ1) is 15.7. The first-order valence-electron chi connectivity index (χ1n) is 5.02. The van der Waals surface area contributed by atoms with Crippen LogP contribution in [-0.4, -0.2) is 28.4 Å². The van der Waals surface area contributed by atoms with E-state index < -0.39 is 31.9 Å². The van der Waals surface area contributed by atoms with Gasteiger partial charge in [0.2, 0.25) is 10.3 Å². The molecule has 0 saturated heterocycles. The molecule has 1 saturated carbocycles.